The maximum Gasteiger partial charge on any atom is 0.322 e. The molecule has 1 amide bonds. The van der Waals surface area contributed by atoms with Crippen LogP contribution >= 0.6 is 11.6 Å². The number of rotatable bonds is 7. The fourth-order valence-corrected chi connectivity index (χ4v) is 7.41. The summed E-state index contributed by atoms with van der Waals surface area (Å²) in [7, 11) is 0. The lowest BCUT2D eigenvalue weighted by atomic mass is 9.41. The number of nitrogens with zero attached hydrogens (tertiary/aromatic N) is 3. The second kappa shape index (κ2) is 7.46. The third-order valence-electron chi connectivity index (χ3n) is 9.19. The highest BCUT2D eigenvalue weighted by molar-refractivity contribution is 6.30. The first-order chi connectivity index (χ1) is 16.4. The Morgan fingerprint density at radius 1 is 1.11 bits per heavy atom. The van der Waals surface area contributed by atoms with Gasteiger partial charge in [-0.1, -0.05) is 22.8 Å². The smallest absolute Gasteiger partial charge is 0.322 e. The molecular weight excluding hydrogens is 479 g/mol. The van der Waals surface area contributed by atoms with Crippen molar-refractivity contribution in [1.82, 2.24) is 10.1 Å². The van der Waals surface area contributed by atoms with Gasteiger partial charge in [0.2, 0.25) is 5.91 Å². The van der Waals surface area contributed by atoms with Crippen LogP contribution in [-0.4, -0.2) is 28.3 Å². The molecule has 35 heavy (non-hydrogen) atoms. The Morgan fingerprint density at radius 3 is 2.31 bits per heavy atom. The first-order valence-corrected chi connectivity index (χ1v) is 12.8. The van der Waals surface area contributed by atoms with E-state index in [0.717, 1.165) is 51.1 Å². The highest BCUT2D eigenvalue weighted by Gasteiger charge is 2.69. The summed E-state index contributed by atoms with van der Waals surface area (Å²) in [6.07, 6.45) is 6.70. The van der Waals surface area contributed by atoms with Crippen LogP contribution in [0.15, 0.2) is 28.8 Å². The zero-order valence-electron chi connectivity index (χ0n) is 19.8. The SMILES string of the molecule is CC(F)(F)c1nc(C23CCC(CN(C(=O)CC45CC(F)(C4)C5)c4cccc(Cl)c4)(CC2)CC3)no1. The van der Waals surface area contributed by atoms with Crippen molar-refractivity contribution in [3.63, 3.8) is 0 Å². The van der Waals surface area contributed by atoms with E-state index in [2.05, 4.69) is 10.1 Å². The Labute approximate surface area is 207 Å². The van der Waals surface area contributed by atoms with Gasteiger partial charge >= 0.3 is 5.92 Å². The summed E-state index contributed by atoms with van der Waals surface area (Å²) >= 11 is 6.27. The van der Waals surface area contributed by atoms with Gasteiger partial charge in [-0.05, 0) is 86.8 Å². The monoisotopic (exact) mass is 507 g/mol. The molecule has 188 valence electrons. The average molecular weight is 508 g/mol. The van der Waals surface area contributed by atoms with Crippen LogP contribution < -0.4 is 4.90 Å². The van der Waals surface area contributed by atoms with Crippen LogP contribution in [-0.2, 0) is 16.1 Å². The Kier molecular flexibility index (Phi) is 4.97. The van der Waals surface area contributed by atoms with E-state index in [9.17, 15) is 18.0 Å². The van der Waals surface area contributed by atoms with Crippen molar-refractivity contribution in [2.24, 2.45) is 10.8 Å². The number of carbonyl (C=O) groups is 1. The van der Waals surface area contributed by atoms with Gasteiger partial charge in [0.05, 0.1) is 0 Å². The normalized spacial score (nSPS) is 35.3. The van der Waals surface area contributed by atoms with Crippen LogP contribution in [0.25, 0.3) is 0 Å². The highest BCUT2D eigenvalue weighted by atomic mass is 35.5. The molecule has 6 saturated carbocycles. The summed E-state index contributed by atoms with van der Waals surface area (Å²) in [5, 5.41) is 4.50. The van der Waals surface area contributed by atoms with E-state index in [1.54, 1.807) is 6.07 Å². The molecule has 6 aliphatic rings. The predicted octanol–water partition coefficient (Wildman–Crippen LogP) is 6.74. The molecule has 0 spiro atoms. The Bertz CT molecular complexity index is 1130. The summed E-state index contributed by atoms with van der Waals surface area (Å²) in [4.78, 5) is 19.5. The third-order valence-corrected chi connectivity index (χ3v) is 9.43. The van der Waals surface area contributed by atoms with Gasteiger partial charge in [0.1, 0.15) is 5.67 Å². The van der Waals surface area contributed by atoms with Crippen molar-refractivity contribution in [1.29, 1.82) is 0 Å². The van der Waals surface area contributed by atoms with Crippen molar-refractivity contribution in [2.45, 2.75) is 88.1 Å². The van der Waals surface area contributed by atoms with Gasteiger partial charge in [0.15, 0.2) is 5.82 Å². The van der Waals surface area contributed by atoms with Crippen LogP contribution in [0, 0.1) is 10.8 Å². The first-order valence-electron chi connectivity index (χ1n) is 12.4. The summed E-state index contributed by atoms with van der Waals surface area (Å²) in [6, 6.07) is 7.35. The number of fused-ring (bicyclic) bond motifs is 3. The van der Waals surface area contributed by atoms with Gasteiger partial charge < -0.3 is 9.42 Å². The van der Waals surface area contributed by atoms with Gasteiger partial charge in [0.25, 0.3) is 5.89 Å². The summed E-state index contributed by atoms with van der Waals surface area (Å²) in [5.74, 6) is -3.38. The van der Waals surface area contributed by atoms with E-state index in [-0.39, 0.29) is 22.2 Å². The second-order valence-electron chi connectivity index (χ2n) is 11.9. The fourth-order valence-electron chi connectivity index (χ4n) is 7.22. The number of anilines is 1. The van der Waals surface area contributed by atoms with E-state index in [0.29, 0.717) is 43.1 Å². The summed E-state index contributed by atoms with van der Waals surface area (Å²) in [5.41, 5.74) is -0.851. The van der Waals surface area contributed by atoms with Crippen molar-refractivity contribution >= 4 is 23.2 Å². The van der Waals surface area contributed by atoms with Gasteiger partial charge in [-0.25, -0.2) is 4.39 Å². The molecule has 0 saturated heterocycles. The fraction of sp³-hybridized carbons (Fsp3) is 0.654. The molecule has 1 heterocycles. The number of hydrogen-bond donors (Lipinski definition) is 0. The summed E-state index contributed by atoms with van der Waals surface area (Å²) in [6.45, 7) is 1.33. The van der Waals surface area contributed by atoms with Crippen LogP contribution in [0.3, 0.4) is 0 Å². The quantitative estimate of drug-likeness (QED) is 0.416. The van der Waals surface area contributed by atoms with Crippen molar-refractivity contribution in [2.75, 3.05) is 11.4 Å². The molecule has 0 atom stereocenters. The number of benzene rings is 1. The number of hydrogen-bond acceptors (Lipinski definition) is 4. The maximum atomic E-state index is 14.1. The molecule has 0 unspecified atom stereocenters. The number of aromatic nitrogens is 2. The largest absolute Gasteiger partial charge is 0.333 e. The van der Waals surface area contributed by atoms with E-state index in [1.165, 1.54) is 0 Å². The Hall–Kier alpha value is -2.09. The van der Waals surface area contributed by atoms with Gasteiger partial charge in [-0.15, -0.1) is 0 Å². The molecule has 4 bridgehead atoms. The van der Waals surface area contributed by atoms with Gasteiger partial charge in [-0.2, -0.15) is 13.8 Å². The third kappa shape index (κ3) is 3.87. The lowest BCUT2D eigenvalue weighted by molar-refractivity contribution is -0.215. The topological polar surface area (TPSA) is 59.2 Å². The molecule has 1 aromatic heterocycles. The van der Waals surface area contributed by atoms with E-state index in [1.807, 2.05) is 23.1 Å². The van der Waals surface area contributed by atoms with E-state index >= 15 is 0 Å². The summed E-state index contributed by atoms with van der Waals surface area (Å²) < 4.78 is 46.3. The molecule has 9 heteroatoms. The molecule has 6 fully saturated rings. The number of halogens is 4. The molecule has 0 N–H and O–H groups in total. The number of amides is 1. The molecule has 6 aliphatic carbocycles. The standard InChI is InChI=1S/C26H29ClF3N3O2/c1-22(28,29)21-31-20(32-35-21)25-8-5-23(6-9-25,7-10-25)16-33(18-4-2-3-17(27)11-18)19(34)12-24-13-26(30,14-24)15-24/h2-4,11H,5-10,12-16H2,1H3. The van der Waals surface area contributed by atoms with Crippen molar-refractivity contribution < 1.29 is 22.5 Å². The average Bonchev–Trinajstić information content (AvgIpc) is 3.29. The van der Waals surface area contributed by atoms with Crippen LogP contribution in [0.4, 0.5) is 18.9 Å². The minimum absolute atomic E-state index is 0.0267. The minimum Gasteiger partial charge on any atom is -0.333 e. The van der Waals surface area contributed by atoms with E-state index in [4.69, 9.17) is 16.1 Å². The number of carbonyl (C=O) groups excluding carboxylic acids is 1. The van der Waals surface area contributed by atoms with Crippen LogP contribution in [0.1, 0.15) is 82.8 Å². The van der Waals surface area contributed by atoms with Crippen LogP contribution in [0.5, 0.6) is 0 Å². The minimum atomic E-state index is -3.16. The zero-order valence-corrected chi connectivity index (χ0v) is 20.5. The predicted molar refractivity (Wildman–Crippen MR) is 124 cm³/mol. The Morgan fingerprint density at radius 2 is 1.77 bits per heavy atom. The number of alkyl halides is 3. The molecule has 2 aromatic rings. The van der Waals surface area contributed by atoms with Crippen molar-refractivity contribution in [3.8, 4) is 0 Å². The lowest BCUT2D eigenvalue weighted by Gasteiger charge is -2.66. The highest BCUT2D eigenvalue weighted by Crippen LogP contribution is 2.71. The maximum absolute atomic E-state index is 14.1. The first kappa shape index (κ1) is 23.3. The molecule has 8 rings (SSSR count). The lowest BCUT2D eigenvalue weighted by Crippen LogP contribution is -2.65. The van der Waals surface area contributed by atoms with Gasteiger partial charge in [0, 0.05) is 36.0 Å². The van der Waals surface area contributed by atoms with Crippen molar-refractivity contribution in [3.05, 3.63) is 41.0 Å². The second-order valence-corrected chi connectivity index (χ2v) is 12.3. The van der Waals surface area contributed by atoms with E-state index < -0.39 is 17.5 Å². The molecular formula is C26H29ClF3N3O2. The zero-order chi connectivity index (χ0) is 24.7. The van der Waals surface area contributed by atoms with Crippen LogP contribution in [0.2, 0.25) is 5.02 Å². The van der Waals surface area contributed by atoms with Gasteiger partial charge in [-0.3, -0.25) is 4.79 Å². The molecule has 0 aliphatic heterocycles. The molecule has 5 nitrogen and oxygen atoms in total. The molecule has 0 radical (unpaired) electrons. The molecule has 1 aromatic carbocycles. The Balaban J connectivity index is 1.20.